The minimum absolute atomic E-state index is 0.111. The van der Waals surface area contributed by atoms with Crippen LogP contribution in [-0.4, -0.2) is 66.1 Å². The summed E-state index contributed by atoms with van der Waals surface area (Å²) in [5.41, 5.74) is 1.29. The number of alkyl carbamates (subject to hydrolysis) is 1. The third-order valence-corrected chi connectivity index (χ3v) is 10.4. The van der Waals surface area contributed by atoms with Crippen molar-refractivity contribution in [3.8, 4) is 0 Å². The van der Waals surface area contributed by atoms with Crippen molar-refractivity contribution in [2.45, 2.75) is 54.9 Å². The molecule has 0 aliphatic carbocycles. The molecule has 15 nitrogen and oxygen atoms in total. The molecule has 48 heavy (non-hydrogen) atoms. The van der Waals surface area contributed by atoms with Gasteiger partial charge in [0.05, 0.1) is 20.5 Å². The summed E-state index contributed by atoms with van der Waals surface area (Å²) in [5.74, 6) is -2.54. The molecule has 2 fully saturated rings. The zero-order valence-electron chi connectivity index (χ0n) is 25.7. The summed E-state index contributed by atoms with van der Waals surface area (Å²) in [4.78, 5) is 74.8. The molecule has 2 aliphatic rings. The summed E-state index contributed by atoms with van der Waals surface area (Å²) in [6.07, 6.45) is -0.793. The van der Waals surface area contributed by atoms with Crippen molar-refractivity contribution >= 4 is 46.8 Å². The van der Waals surface area contributed by atoms with Gasteiger partial charge >= 0.3 is 12.1 Å². The number of nitro benzene ring substituents is 1. The molecule has 5 atom stereocenters. The van der Waals surface area contributed by atoms with Crippen molar-refractivity contribution in [1.29, 1.82) is 0 Å². The highest BCUT2D eigenvalue weighted by atomic mass is 32.2. The van der Waals surface area contributed by atoms with Crippen LogP contribution in [0.15, 0.2) is 84.9 Å². The van der Waals surface area contributed by atoms with Crippen LogP contribution in [0.25, 0.3) is 0 Å². The van der Waals surface area contributed by atoms with Gasteiger partial charge in [-0.1, -0.05) is 60.7 Å². The predicted octanol–water partition coefficient (Wildman–Crippen LogP) is 1.94. The largest absolute Gasteiger partial charge is 0.459 e. The highest BCUT2D eigenvalue weighted by Crippen LogP contribution is 2.50. The number of β-lactam (4-membered cyclic amide) rings is 1. The number of non-ortho nitro benzene ring substituents is 1. The van der Waals surface area contributed by atoms with Gasteiger partial charge in [0.1, 0.15) is 25.3 Å². The fraction of sp³-hybridized carbons (Fsp3) is 0.281. The van der Waals surface area contributed by atoms with Crippen molar-refractivity contribution in [2.24, 2.45) is 0 Å². The highest BCUT2D eigenvalue weighted by Gasteiger charge is 2.78. The number of rotatable bonds is 12. The first-order chi connectivity index (χ1) is 22.9. The molecule has 16 heteroatoms. The summed E-state index contributed by atoms with van der Waals surface area (Å²) < 4.78 is 23.3. The Kier molecular flexibility index (Phi) is 9.56. The fourth-order valence-corrected chi connectivity index (χ4v) is 7.82. The van der Waals surface area contributed by atoms with Gasteiger partial charge in [0.15, 0.2) is 6.04 Å². The lowest BCUT2D eigenvalue weighted by Gasteiger charge is -2.52. The Bertz CT molecular complexity index is 1760. The van der Waals surface area contributed by atoms with Crippen LogP contribution in [-0.2, 0) is 52.7 Å². The van der Waals surface area contributed by atoms with Crippen LogP contribution in [0, 0.1) is 10.1 Å². The smallest absolute Gasteiger partial charge is 0.408 e. The van der Waals surface area contributed by atoms with Gasteiger partial charge in [0, 0.05) is 12.1 Å². The van der Waals surface area contributed by atoms with Crippen LogP contribution >= 0.6 is 0 Å². The molecule has 4 amide bonds. The maximum Gasteiger partial charge on any atom is 0.408 e. The molecule has 0 radical (unpaired) electrons. The van der Waals surface area contributed by atoms with Crippen molar-refractivity contribution in [2.75, 3.05) is 0 Å². The quantitative estimate of drug-likeness (QED) is 0.0836. The molecule has 3 aromatic carbocycles. The number of nitrogens with zero attached hydrogens (tertiary/aromatic N) is 2. The Labute approximate surface area is 276 Å². The molecule has 0 saturated carbocycles. The average Bonchev–Trinajstić information content (AvgIpc) is 3.24. The number of esters is 1. The number of hydrogen-bond donors (Lipinski definition) is 3. The van der Waals surface area contributed by atoms with Crippen LogP contribution in [0.3, 0.4) is 0 Å². The van der Waals surface area contributed by atoms with Gasteiger partial charge in [-0.15, -0.1) is 0 Å². The minimum Gasteiger partial charge on any atom is -0.459 e. The Balaban J connectivity index is 1.34. The Hall–Kier alpha value is -5.64. The second-order valence-corrected chi connectivity index (χ2v) is 13.7. The topological polar surface area (TPSA) is 203 Å². The lowest BCUT2D eigenvalue weighted by molar-refractivity contribution is -0.384. The molecule has 0 spiro atoms. The first-order valence-electron chi connectivity index (χ1n) is 14.6. The number of ether oxygens (including phenoxy) is 2. The van der Waals surface area contributed by atoms with Crippen molar-refractivity contribution in [1.82, 2.24) is 20.9 Å². The number of nitrogens with one attached hydrogen (secondary N) is 3. The van der Waals surface area contributed by atoms with Gasteiger partial charge in [0.2, 0.25) is 17.3 Å². The number of hydrogen-bond acceptors (Lipinski definition) is 10. The summed E-state index contributed by atoms with van der Waals surface area (Å²) in [5, 5.41) is 18.3. The first-order valence-corrected chi connectivity index (χ1v) is 15.8. The standard InChI is InChI=1S/C32H31N5O10S/c1-31(2)26(29(41)46-17-20-9-5-3-6-10-20)36-28(40)25(32(36,33-19-38)48(31)45)35-27(39)24(22-11-7-4-8-12-22)34-30(42)47-18-21-13-15-23(16-14-21)37(43)44/h3-16,19,24-26H,17-18H2,1-2H3,(H,33,38)(H,34,42)(H,35,39)/t24?,25-,26-,32?,48?/m0/s1. The molecule has 3 aromatic rings. The van der Waals surface area contributed by atoms with Gasteiger partial charge in [0.25, 0.3) is 11.6 Å². The zero-order chi connectivity index (χ0) is 34.6. The summed E-state index contributed by atoms with van der Waals surface area (Å²) in [6.45, 7) is 2.60. The number of amides is 4. The van der Waals surface area contributed by atoms with E-state index in [1.54, 1.807) is 60.7 Å². The Morgan fingerprint density at radius 2 is 1.54 bits per heavy atom. The van der Waals surface area contributed by atoms with E-state index in [4.69, 9.17) is 9.47 Å². The molecular weight excluding hydrogens is 646 g/mol. The summed E-state index contributed by atoms with van der Waals surface area (Å²) >= 11 is 0. The minimum atomic E-state index is -2.15. The SMILES string of the molecule is CC1(C)[C@H](C(=O)OCc2ccccc2)N2C(=O)[C@H](NC(=O)C(NC(=O)OCc3ccc([N+](=O)[O-])cc3)c3ccccc3)C2(NC=O)S1=O. The fourth-order valence-electron chi connectivity index (χ4n) is 5.71. The van der Waals surface area contributed by atoms with E-state index < -0.39 is 67.5 Å². The second kappa shape index (κ2) is 13.6. The summed E-state index contributed by atoms with van der Waals surface area (Å²) in [6, 6.07) is 17.8. The number of carbonyl (C=O) groups is 5. The van der Waals surface area contributed by atoms with E-state index in [0.717, 1.165) is 4.90 Å². The molecular formula is C32H31N5O10S. The van der Waals surface area contributed by atoms with Crippen LogP contribution in [0.1, 0.15) is 36.6 Å². The van der Waals surface area contributed by atoms with Crippen LogP contribution in [0.5, 0.6) is 0 Å². The molecule has 0 aromatic heterocycles. The number of nitro groups is 1. The van der Waals surface area contributed by atoms with Crippen molar-refractivity contribution in [3.63, 3.8) is 0 Å². The maximum atomic E-state index is 14.0. The molecule has 0 bridgehead atoms. The third kappa shape index (κ3) is 6.21. The van der Waals surface area contributed by atoms with Gasteiger partial charge < -0.3 is 25.4 Å². The monoisotopic (exact) mass is 677 g/mol. The van der Waals surface area contributed by atoms with E-state index in [2.05, 4.69) is 16.0 Å². The van der Waals surface area contributed by atoms with E-state index in [1.807, 2.05) is 0 Å². The number of carbonyl (C=O) groups excluding carboxylic acids is 5. The van der Waals surface area contributed by atoms with Gasteiger partial charge in [-0.2, -0.15) is 0 Å². The number of fused-ring (bicyclic) bond motifs is 1. The zero-order valence-corrected chi connectivity index (χ0v) is 26.5. The lowest BCUT2D eigenvalue weighted by atomic mass is 9.92. The van der Waals surface area contributed by atoms with Gasteiger partial charge in [-0.3, -0.25) is 33.6 Å². The molecule has 2 heterocycles. The van der Waals surface area contributed by atoms with Crippen molar-refractivity contribution < 1.29 is 42.6 Å². The Morgan fingerprint density at radius 1 is 0.958 bits per heavy atom. The highest BCUT2D eigenvalue weighted by molar-refractivity contribution is 7.88. The third-order valence-electron chi connectivity index (χ3n) is 8.08. The van der Waals surface area contributed by atoms with Gasteiger partial charge in [-0.25, -0.2) is 9.59 Å². The second-order valence-electron chi connectivity index (χ2n) is 11.5. The Morgan fingerprint density at radius 3 is 2.15 bits per heavy atom. The molecule has 250 valence electrons. The lowest BCUT2D eigenvalue weighted by Crippen LogP contribution is -2.84. The van der Waals surface area contributed by atoms with E-state index in [9.17, 15) is 38.3 Å². The maximum absolute atomic E-state index is 14.0. The molecule has 3 unspecified atom stereocenters. The van der Waals surface area contributed by atoms with Crippen LogP contribution in [0.4, 0.5) is 10.5 Å². The van der Waals surface area contributed by atoms with Crippen molar-refractivity contribution in [3.05, 3.63) is 112 Å². The van der Waals surface area contributed by atoms with E-state index in [-0.39, 0.29) is 25.3 Å². The number of benzene rings is 3. The van der Waals surface area contributed by atoms with E-state index in [1.165, 1.54) is 38.1 Å². The molecule has 2 saturated heterocycles. The predicted molar refractivity (Wildman–Crippen MR) is 169 cm³/mol. The normalized spacial score (nSPS) is 22.7. The first kappa shape index (κ1) is 33.7. The molecule has 5 rings (SSSR count). The van der Waals surface area contributed by atoms with Crippen LogP contribution < -0.4 is 16.0 Å². The van der Waals surface area contributed by atoms with Gasteiger partial charge in [-0.05, 0) is 42.7 Å². The summed E-state index contributed by atoms with van der Waals surface area (Å²) in [7, 11) is -2.15. The van der Waals surface area contributed by atoms with Crippen LogP contribution in [0.2, 0.25) is 0 Å². The molecule has 3 N–H and O–H groups in total. The molecule has 2 aliphatic heterocycles. The average molecular weight is 678 g/mol. The van der Waals surface area contributed by atoms with E-state index in [0.29, 0.717) is 16.7 Å². The van der Waals surface area contributed by atoms with E-state index >= 15 is 0 Å².